The van der Waals surface area contributed by atoms with Crippen LogP contribution in [0.15, 0.2) is 76.7 Å². The SMILES string of the molecule is Cc1ccc(NC(=O)CSc2nc3ccccc3c(=O)n2-c2ccccc2C)c(Cl)c1. The first-order valence-corrected chi connectivity index (χ1v) is 11.1. The number of benzene rings is 3. The van der Waals surface area contributed by atoms with Gasteiger partial charge >= 0.3 is 0 Å². The van der Waals surface area contributed by atoms with Crippen LogP contribution < -0.4 is 10.9 Å². The summed E-state index contributed by atoms with van der Waals surface area (Å²) < 4.78 is 1.58. The molecule has 1 N–H and O–H groups in total. The van der Waals surface area contributed by atoms with E-state index in [1.165, 1.54) is 11.8 Å². The number of aromatic nitrogens is 2. The molecule has 0 aliphatic carbocycles. The normalized spacial score (nSPS) is 10.9. The molecule has 0 atom stereocenters. The molecule has 0 saturated heterocycles. The molecule has 5 nitrogen and oxygen atoms in total. The van der Waals surface area contributed by atoms with Crippen LogP contribution in [0.2, 0.25) is 5.02 Å². The Kier molecular flexibility index (Phi) is 6.11. The largest absolute Gasteiger partial charge is 0.324 e. The number of carbonyl (C=O) groups excluding carboxylic acids is 1. The summed E-state index contributed by atoms with van der Waals surface area (Å²) in [5.74, 6) is -0.143. The van der Waals surface area contributed by atoms with Crippen molar-refractivity contribution in [3.05, 3.63) is 93.2 Å². The number of thioether (sulfide) groups is 1. The highest BCUT2D eigenvalue weighted by molar-refractivity contribution is 7.99. The quantitative estimate of drug-likeness (QED) is 0.328. The highest BCUT2D eigenvalue weighted by atomic mass is 35.5. The predicted octanol–water partition coefficient (Wildman–Crippen LogP) is 5.39. The molecule has 0 unspecified atom stereocenters. The first kappa shape index (κ1) is 21.2. The Morgan fingerprint density at radius 1 is 1.06 bits per heavy atom. The lowest BCUT2D eigenvalue weighted by molar-refractivity contribution is -0.113. The van der Waals surface area contributed by atoms with Gasteiger partial charge in [0.15, 0.2) is 5.16 Å². The van der Waals surface area contributed by atoms with E-state index in [9.17, 15) is 9.59 Å². The standard InChI is InChI=1S/C24H20ClN3O2S/c1-15-11-12-20(18(25)13-15)26-22(29)14-31-24-27-19-9-5-4-8-17(19)23(30)28(24)21-10-6-3-7-16(21)2/h3-13H,14H2,1-2H3,(H,26,29). The minimum atomic E-state index is -0.227. The molecule has 0 saturated carbocycles. The van der Waals surface area contributed by atoms with Gasteiger partial charge < -0.3 is 5.32 Å². The fourth-order valence-electron chi connectivity index (χ4n) is 3.27. The summed E-state index contributed by atoms with van der Waals surface area (Å²) in [6, 6.07) is 20.3. The number of rotatable bonds is 5. The molecule has 3 aromatic carbocycles. The van der Waals surface area contributed by atoms with Gasteiger partial charge in [-0.3, -0.25) is 14.2 Å². The first-order chi connectivity index (χ1) is 14.9. The summed E-state index contributed by atoms with van der Waals surface area (Å²) in [6.45, 7) is 3.88. The second-order valence-corrected chi connectivity index (χ2v) is 8.51. The number of amides is 1. The molecule has 0 spiro atoms. The molecule has 1 amide bonds. The lowest BCUT2D eigenvalue weighted by Crippen LogP contribution is -2.23. The van der Waals surface area contributed by atoms with E-state index in [1.54, 1.807) is 28.8 Å². The summed E-state index contributed by atoms with van der Waals surface area (Å²) in [5, 5.41) is 4.30. The number of aryl methyl sites for hydroxylation is 2. The Labute approximate surface area is 189 Å². The second kappa shape index (κ2) is 8.96. The molecule has 4 rings (SSSR count). The van der Waals surface area contributed by atoms with Gasteiger partial charge in [-0.25, -0.2) is 4.98 Å². The van der Waals surface area contributed by atoms with Crippen molar-refractivity contribution in [1.29, 1.82) is 0 Å². The van der Waals surface area contributed by atoms with Crippen molar-refractivity contribution in [3.8, 4) is 5.69 Å². The third-order valence-electron chi connectivity index (χ3n) is 4.83. The van der Waals surface area contributed by atoms with Gasteiger partial charge in [0.1, 0.15) is 0 Å². The van der Waals surface area contributed by atoms with Crippen LogP contribution in [0, 0.1) is 13.8 Å². The number of fused-ring (bicyclic) bond motifs is 1. The lowest BCUT2D eigenvalue weighted by Gasteiger charge is -2.15. The van der Waals surface area contributed by atoms with Crippen LogP contribution in [0.3, 0.4) is 0 Å². The Hall–Kier alpha value is -3.09. The van der Waals surface area contributed by atoms with Gasteiger partial charge in [0.05, 0.1) is 33.1 Å². The van der Waals surface area contributed by atoms with E-state index in [0.717, 1.165) is 16.8 Å². The fourth-order valence-corrected chi connectivity index (χ4v) is 4.36. The van der Waals surface area contributed by atoms with E-state index < -0.39 is 0 Å². The first-order valence-electron chi connectivity index (χ1n) is 9.70. The predicted molar refractivity (Wildman–Crippen MR) is 128 cm³/mol. The molecule has 0 bridgehead atoms. The van der Waals surface area contributed by atoms with Crippen molar-refractivity contribution in [1.82, 2.24) is 9.55 Å². The maximum atomic E-state index is 13.3. The molecule has 0 aliphatic heterocycles. The molecule has 0 radical (unpaired) electrons. The molecular formula is C24H20ClN3O2S. The highest BCUT2D eigenvalue weighted by Gasteiger charge is 2.16. The minimum absolute atomic E-state index is 0.0842. The average molecular weight is 450 g/mol. The maximum absolute atomic E-state index is 13.3. The van der Waals surface area contributed by atoms with Gasteiger partial charge in [-0.1, -0.05) is 59.8 Å². The van der Waals surface area contributed by atoms with Crippen molar-refractivity contribution in [2.24, 2.45) is 0 Å². The zero-order valence-corrected chi connectivity index (χ0v) is 18.6. The zero-order chi connectivity index (χ0) is 22.0. The van der Waals surface area contributed by atoms with E-state index in [-0.39, 0.29) is 17.2 Å². The molecule has 1 heterocycles. The van der Waals surface area contributed by atoms with Crippen molar-refractivity contribution in [3.63, 3.8) is 0 Å². The summed E-state index contributed by atoms with van der Waals surface area (Å²) in [6.07, 6.45) is 0. The molecule has 7 heteroatoms. The van der Waals surface area contributed by atoms with Crippen molar-refractivity contribution in [2.75, 3.05) is 11.1 Å². The number of carbonyl (C=O) groups is 1. The third kappa shape index (κ3) is 4.50. The van der Waals surface area contributed by atoms with Crippen molar-refractivity contribution < 1.29 is 4.79 Å². The highest BCUT2D eigenvalue weighted by Crippen LogP contribution is 2.25. The van der Waals surface area contributed by atoms with Crippen LogP contribution >= 0.6 is 23.4 Å². The van der Waals surface area contributed by atoms with Crippen LogP contribution in [0.5, 0.6) is 0 Å². The Bertz CT molecular complexity index is 1350. The van der Waals surface area contributed by atoms with E-state index >= 15 is 0 Å². The summed E-state index contributed by atoms with van der Waals surface area (Å²) in [4.78, 5) is 30.6. The Morgan fingerprint density at radius 3 is 2.58 bits per heavy atom. The van der Waals surface area contributed by atoms with Crippen LogP contribution in [0.25, 0.3) is 16.6 Å². The van der Waals surface area contributed by atoms with Crippen molar-refractivity contribution >= 4 is 45.9 Å². The molecule has 31 heavy (non-hydrogen) atoms. The van der Waals surface area contributed by atoms with E-state index in [0.29, 0.717) is 26.8 Å². The number of anilines is 1. The summed E-state index contributed by atoms with van der Waals surface area (Å²) >= 11 is 7.43. The minimum Gasteiger partial charge on any atom is -0.324 e. The zero-order valence-electron chi connectivity index (χ0n) is 17.1. The molecule has 1 aromatic heterocycles. The van der Waals surface area contributed by atoms with Crippen molar-refractivity contribution in [2.45, 2.75) is 19.0 Å². The molecule has 0 aliphatic rings. The monoisotopic (exact) mass is 449 g/mol. The molecule has 4 aromatic rings. The second-order valence-electron chi connectivity index (χ2n) is 7.16. The number of hydrogen-bond donors (Lipinski definition) is 1. The molecule has 0 fully saturated rings. The van der Waals surface area contributed by atoms with E-state index in [1.807, 2.05) is 56.3 Å². The van der Waals surface area contributed by atoms with Gasteiger partial charge in [0.2, 0.25) is 5.91 Å². The fraction of sp³-hybridized carbons (Fsp3) is 0.125. The van der Waals surface area contributed by atoms with Gasteiger partial charge in [-0.05, 0) is 55.3 Å². The van der Waals surface area contributed by atoms with E-state index in [2.05, 4.69) is 10.3 Å². The number of halogens is 1. The molecule has 156 valence electrons. The van der Waals surface area contributed by atoms with Gasteiger partial charge in [-0.2, -0.15) is 0 Å². The maximum Gasteiger partial charge on any atom is 0.266 e. The van der Waals surface area contributed by atoms with Gasteiger partial charge in [0, 0.05) is 0 Å². The van der Waals surface area contributed by atoms with E-state index in [4.69, 9.17) is 11.6 Å². The smallest absolute Gasteiger partial charge is 0.266 e. The lowest BCUT2D eigenvalue weighted by atomic mass is 10.2. The summed E-state index contributed by atoms with van der Waals surface area (Å²) in [5.41, 5.74) is 3.70. The Morgan fingerprint density at radius 2 is 1.81 bits per heavy atom. The summed E-state index contributed by atoms with van der Waals surface area (Å²) in [7, 11) is 0. The Balaban J connectivity index is 1.68. The van der Waals surface area contributed by atoms with Crippen LogP contribution in [-0.2, 0) is 4.79 Å². The number of para-hydroxylation sites is 2. The third-order valence-corrected chi connectivity index (χ3v) is 6.08. The molecular weight excluding hydrogens is 430 g/mol. The number of hydrogen-bond acceptors (Lipinski definition) is 4. The van der Waals surface area contributed by atoms with Crippen LogP contribution in [-0.4, -0.2) is 21.2 Å². The van der Waals surface area contributed by atoms with Gasteiger partial charge in [0.25, 0.3) is 5.56 Å². The van der Waals surface area contributed by atoms with Crippen LogP contribution in [0.1, 0.15) is 11.1 Å². The number of nitrogens with one attached hydrogen (secondary N) is 1. The average Bonchev–Trinajstić information content (AvgIpc) is 2.75. The topological polar surface area (TPSA) is 64.0 Å². The van der Waals surface area contributed by atoms with Gasteiger partial charge in [-0.15, -0.1) is 0 Å². The number of nitrogens with zero attached hydrogens (tertiary/aromatic N) is 2. The van der Waals surface area contributed by atoms with Crippen LogP contribution in [0.4, 0.5) is 5.69 Å².